The number of aliphatic carboxylic acids is 1. The average molecular weight is 253 g/mol. The van der Waals surface area contributed by atoms with Gasteiger partial charge < -0.3 is 15.3 Å². The molecule has 0 saturated carbocycles. The summed E-state index contributed by atoms with van der Waals surface area (Å²) in [5.74, 6) is -0.801. The van der Waals surface area contributed by atoms with Crippen LogP contribution in [0.2, 0.25) is 0 Å². The van der Waals surface area contributed by atoms with Crippen LogP contribution in [0.15, 0.2) is 18.2 Å². The van der Waals surface area contributed by atoms with Gasteiger partial charge in [0, 0.05) is 11.6 Å². The summed E-state index contributed by atoms with van der Waals surface area (Å²) >= 11 is 0. The van der Waals surface area contributed by atoms with E-state index in [2.05, 4.69) is 0 Å². The predicted octanol–water partition coefficient (Wildman–Crippen LogP) is 1.95. The van der Waals surface area contributed by atoms with Gasteiger partial charge in [-0.2, -0.15) is 0 Å². The summed E-state index contributed by atoms with van der Waals surface area (Å²) in [6.07, 6.45) is 0.468. The summed E-state index contributed by atoms with van der Waals surface area (Å²) in [5, 5.41) is 28.3. The molecule has 0 saturated heterocycles. The molecule has 0 aliphatic rings. The van der Waals surface area contributed by atoms with Gasteiger partial charge in [0.25, 0.3) is 0 Å². The van der Waals surface area contributed by atoms with Crippen molar-refractivity contribution in [2.75, 3.05) is 7.05 Å². The third kappa shape index (κ3) is 2.92. The molecule has 3 N–H and O–H groups in total. The average Bonchev–Trinajstić information content (AvgIpc) is 2.31. The van der Waals surface area contributed by atoms with Crippen molar-refractivity contribution in [3.8, 4) is 11.5 Å². The number of nitrogens with zero attached hydrogens (tertiary/aromatic N) is 1. The number of hydrogen-bond donors (Lipinski definition) is 3. The number of hydrogen-bond acceptors (Lipinski definition) is 4. The third-order valence-corrected chi connectivity index (χ3v) is 3.24. The first kappa shape index (κ1) is 14.3. The Balaban J connectivity index is 3.02. The van der Waals surface area contributed by atoms with Crippen molar-refractivity contribution in [2.24, 2.45) is 0 Å². The van der Waals surface area contributed by atoms with E-state index in [4.69, 9.17) is 5.11 Å². The van der Waals surface area contributed by atoms with Crippen molar-refractivity contribution < 1.29 is 20.1 Å². The lowest BCUT2D eigenvalue weighted by molar-refractivity contribution is -0.143. The van der Waals surface area contributed by atoms with E-state index in [1.54, 1.807) is 25.8 Å². The van der Waals surface area contributed by atoms with Crippen molar-refractivity contribution >= 4 is 5.97 Å². The van der Waals surface area contributed by atoms with Crippen LogP contribution in [0.5, 0.6) is 11.5 Å². The molecule has 0 fully saturated rings. The van der Waals surface area contributed by atoms with Gasteiger partial charge in [0.05, 0.1) is 0 Å². The Bertz CT molecular complexity index is 433. The second-order valence-electron chi connectivity index (χ2n) is 4.35. The van der Waals surface area contributed by atoms with Gasteiger partial charge in [-0.25, -0.2) is 0 Å². The lowest BCUT2D eigenvalue weighted by Crippen LogP contribution is -2.39. The first-order chi connectivity index (χ1) is 8.38. The zero-order chi connectivity index (χ0) is 13.9. The molecule has 0 spiro atoms. The summed E-state index contributed by atoms with van der Waals surface area (Å²) in [4.78, 5) is 12.8. The van der Waals surface area contributed by atoms with E-state index in [0.717, 1.165) is 0 Å². The molecule has 0 heterocycles. The Morgan fingerprint density at radius 2 is 2.00 bits per heavy atom. The van der Waals surface area contributed by atoms with Crippen LogP contribution < -0.4 is 0 Å². The lowest BCUT2D eigenvalue weighted by atomic mass is 10.0. The summed E-state index contributed by atoms with van der Waals surface area (Å²) in [5.41, 5.74) is 0.511. The topological polar surface area (TPSA) is 81.0 Å². The Labute approximate surface area is 106 Å². The van der Waals surface area contributed by atoms with Crippen LogP contribution in [-0.2, 0) is 4.79 Å². The molecule has 1 aromatic rings. The highest BCUT2D eigenvalue weighted by Crippen LogP contribution is 2.31. The minimum Gasteiger partial charge on any atom is -0.508 e. The maximum atomic E-state index is 11.1. The van der Waals surface area contributed by atoms with Gasteiger partial charge in [-0.15, -0.1) is 0 Å². The van der Waals surface area contributed by atoms with Gasteiger partial charge in [0.2, 0.25) is 0 Å². The fourth-order valence-corrected chi connectivity index (χ4v) is 2.00. The highest BCUT2D eigenvalue weighted by Gasteiger charge is 2.26. The smallest absolute Gasteiger partial charge is 0.320 e. The molecule has 1 aromatic carbocycles. The van der Waals surface area contributed by atoms with Crippen LogP contribution in [-0.4, -0.2) is 39.3 Å². The predicted molar refractivity (Wildman–Crippen MR) is 67.7 cm³/mol. The SMILES string of the molecule is CCC(C(=O)O)N(C)C(C)c1cc(O)ccc1O. The van der Waals surface area contributed by atoms with Crippen LogP contribution in [0, 0.1) is 0 Å². The van der Waals surface area contributed by atoms with Gasteiger partial charge >= 0.3 is 5.97 Å². The van der Waals surface area contributed by atoms with Crippen molar-refractivity contribution in [1.29, 1.82) is 0 Å². The Kier molecular flexibility index (Phi) is 4.55. The van der Waals surface area contributed by atoms with Crippen LogP contribution in [0.1, 0.15) is 31.9 Å². The zero-order valence-corrected chi connectivity index (χ0v) is 10.8. The maximum absolute atomic E-state index is 11.1. The molecule has 0 aromatic heterocycles. The highest BCUT2D eigenvalue weighted by atomic mass is 16.4. The molecular formula is C13H19NO4. The fraction of sp³-hybridized carbons (Fsp3) is 0.462. The quantitative estimate of drug-likeness (QED) is 0.699. The Hall–Kier alpha value is -1.75. The maximum Gasteiger partial charge on any atom is 0.320 e. The molecule has 1 rings (SSSR count). The van der Waals surface area contributed by atoms with Gasteiger partial charge in [-0.1, -0.05) is 6.92 Å². The summed E-state index contributed by atoms with van der Waals surface area (Å²) in [6, 6.07) is 3.31. The molecule has 5 nitrogen and oxygen atoms in total. The zero-order valence-electron chi connectivity index (χ0n) is 10.8. The molecule has 0 radical (unpaired) electrons. The van der Waals surface area contributed by atoms with E-state index in [1.165, 1.54) is 18.2 Å². The van der Waals surface area contributed by atoms with E-state index in [1.807, 2.05) is 0 Å². The van der Waals surface area contributed by atoms with Crippen LogP contribution in [0.25, 0.3) is 0 Å². The summed E-state index contributed by atoms with van der Waals surface area (Å²) in [6.45, 7) is 3.59. The van der Waals surface area contributed by atoms with Crippen molar-refractivity contribution in [2.45, 2.75) is 32.4 Å². The van der Waals surface area contributed by atoms with Crippen molar-refractivity contribution in [3.63, 3.8) is 0 Å². The molecule has 0 aliphatic carbocycles. The Morgan fingerprint density at radius 1 is 1.39 bits per heavy atom. The number of likely N-dealkylation sites (N-methyl/N-ethyl adjacent to an activating group) is 1. The third-order valence-electron chi connectivity index (χ3n) is 3.24. The number of benzene rings is 1. The number of carbonyl (C=O) groups is 1. The summed E-state index contributed by atoms with van der Waals surface area (Å²) < 4.78 is 0. The Morgan fingerprint density at radius 3 is 2.50 bits per heavy atom. The van der Waals surface area contributed by atoms with E-state index in [0.29, 0.717) is 12.0 Å². The normalized spacial score (nSPS) is 14.4. The number of phenolic OH excluding ortho intramolecular Hbond substituents is 2. The van der Waals surface area contributed by atoms with E-state index in [-0.39, 0.29) is 17.5 Å². The van der Waals surface area contributed by atoms with Gasteiger partial charge in [-0.05, 0) is 38.6 Å². The molecule has 2 unspecified atom stereocenters. The van der Waals surface area contributed by atoms with Crippen LogP contribution in [0.3, 0.4) is 0 Å². The number of aromatic hydroxyl groups is 2. The minimum absolute atomic E-state index is 0.0476. The van der Waals surface area contributed by atoms with Gasteiger partial charge in [-0.3, -0.25) is 9.69 Å². The molecule has 2 atom stereocenters. The van der Waals surface area contributed by atoms with Gasteiger partial charge in [0.1, 0.15) is 17.5 Å². The largest absolute Gasteiger partial charge is 0.508 e. The number of phenols is 2. The minimum atomic E-state index is -0.897. The number of carboxylic acids is 1. The highest BCUT2D eigenvalue weighted by molar-refractivity contribution is 5.73. The number of carboxylic acid groups (broad SMARTS) is 1. The molecule has 5 heteroatoms. The number of rotatable bonds is 5. The molecule has 0 amide bonds. The second-order valence-corrected chi connectivity index (χ2v) is 4.35. The van der Waals surface area contributed by atoms with E-state index in [9.17, 15) is 15.0 Å². The molecular weight excluding hydrogens is 234 g/mol. The fourth-order valence-electron chi connectivity index (χ4n) is 2.00. The first-order valence-electron chi connectivity index (χ1n) is 5.85. The van der Waals surface area contributed by atoms with Gasteiger partial charge in [0.15, 0.2) is 0 Å². The lowest BCUT2D eigenvalue weighted by Gasteiger charge is -2.30. The van der Waals surface area contributed by atoms with Crippen molar-refractivity contribution in [1.82, 2.24) is 4.90 Å². The first-order valence-corrected chi connectivity index (χ1v) is 5.85. The molecule has 100 valence electrons. The standard InChI is InChI=1S/C13H19NO4/c1-4-11(13(17)18)14(3)8(2)10-7-9(15)5-6-12(10)16/h5-8,11,15-16H,4H2,1-3H3,(H,17,18). The molecule has 18 heavy (non-hydrogen) atoms. The van der Waals surface area contributed by atoms with Crippen LogP contribution >= 0.6 is 0 Å². The molecule has 0 aliphatic heterocycles. The monoisotopic (exact) mass is 253 g/mol. The van der Waals surface area contributed by atoms with E-state index < -0.39 is 12.0 Å². The second kappa shape index (κ2) is 5.73. The van der Waals surface area contributed by atoms with Crippen molar-refractivity contribution in [3.05, 3.63) is 23.8 Å². The van der Waals surface area contributed by atoms with E-state index >= 15 is 0 Å². The van der Waals surface area contributed by atoms with Crippen LogP contribution in [0.4, 0.5) is 0 Å². The molecule has 0 bridgehead atoms. The summed E-state index contributed by atoms with van der Waals surface area (Å²) in [7, 11) is 1.69.